The molecule has 1 aliphatic carbocycles. The Morgan fingerprint density at radius 2 is 1.89 bits per heavy atom. The smallest absolute Gasteiger partial charge is 0.127 e. The molecule has 2 N–H and O–H groups in total. The molecule has 0 bridgehead atoms. The van der Waals surface area contributed by atoms with E-state index in [0.717, 1.165) is 11.3 Å². The Bertz CT molecular complexity index is 604. The Balaban J connectivity index is 2.15. The highest BCUT2D eigenvalue weighted by atomic mass is 14.8. The van der Waals surface area contributed by atoms with Crippen molar-refractivity contribution in [2.45, 2.75) is 44.9 Å². The van der Waals surface area contributed by atoms with Gasteiger partial charge in [0, 0.05) is 5.39 Å². The van der Waals surface area contributed by atoms with Gasteiger partial charge in [0.25, 0.3) is 0 Å². The van der Waals surface area contributed by atoms with Crippen LogP contribution in [0.4, 0.5) is 5.82 Å². The molecule has 18 heavy (non-hydrogen) atoms. The van der Waals surface area contributed by atoms with Gasteiger partial charge in [-0.15, -0.1) is 0 Å². The highest BCUT2D eigenvalue weighted by Crippen LogP contribution is 2.43. The highest BCUT2D eigenvalue weighted by molar-refractivity contribution is 5.82. The highest BCUT2D eigenvalue weighted by Gasteiger charge is 2.26. The van der Waals surface area contributed by atoms with Crippen LogP contribution < -0.4 is 5.73 Å². The molecule has 1 aromatic heterocycles. The summed E-state index contributed by atoms with van der Waals surface area (Å²) in [6, 6.07) is 8.77. The van der Waals surface area contributed by atoms with Gasteiger partial charge in [-0.2, -0.15) is 0 Å². The molecular formula is C16H20N2. The minimum Gasteiger partial charge on any atom is -0.383 e. The van der Waals surface area contributed by atoms with E-state index < -0.39 is 0 Å². The lowest BCUT2D eigenvalue weighted by Crippen LogP contribution is -2.11. The summed E-state index contributed by atoms with van der Waals surface area (Å²) in [7, 11) is 0. The minimum absolute atomic E-state index is 0.153. The summed E-state index contributed by atoms with van der Waals surface area (Å²) < 4.78 is 0. The van der Waals surface area contributed by atoms with Gasteiger partial charge in [-0.3, -0.25) is 0 Å². The van der Waals surface area contributed by atoms with Gasteiger partial charge in [0.05, 0.1) is 5.52 Å². The quantitative estimate of drug-likeness (QED) is 0.818. The fourth-order valence-electron chi connectivity index (χ4n) is 2.39. The number of anilines is 1. The van der Waals surface area contributed by atoms with Crippen molar-refractivity contribution < 1.29 is 0 Å². The van der Waals surface area contributed by atoms with Crippen LogP contribution in [0.25, 0.3) is 10.9 Å². The number of nitrogens with zero attached hydrogens (tertiary/aromatic N) is 1. The third-order valence-corrected chi connectivity index (χ3v) is 3.76. The van der Waals surface area contributed by atoms with Crippen LogP contribution in [0.5, 0.6) is 0 Å². The lowest BCUT2D eigenvalue weighted by atomic mass is 9.86. The third-order valence-electron chi connectivity index (χ3n) is 3.76. The van der Waals surface area contributed by atoms with Crippen molar-refractivity contribution in [2.24, 2.45) is 0 Å². The summed E-state index contributed by atoms with van der Waals surface area (Å²) in [6.07, 6.45) is 2.52. The Kier molecular flexibility index (Phi) is 2.37. The van der Waals surface area contributed by atoms with E-state index in [0.29, 0.717) is 5.92 Å². The summed E-state index contributed by atoms with van der Waals surface area (Å²) in [5.74, 6) is 1.38. The van der Waals surface area contributed by atoms with Crippen LogP contribution in [0.3, 0.4) is 0 Å². The van der Waals surface area contributed by atoms with Crippen LogP contribution in [0.1, 0.15) is 50.7 Å². The van der Waals surface area contributed by atoms with Crippen LogP contribution in [-0.2, 0) is 5.41 Å². The molecule has 0 unspecified atom stereocenters. The monoisotopic (exact) mass is 240 g/mol. The molecule has 0 radical (unpaired) electrons. The van der Waals surface area contributed by atoms with E-state index in [-0.39, 0.29) is 5.41 Å². The Hall–Kier alpha value is -1.57. The largest absolute Gasteiger partial charge is 0.383 e. The SMILES string of the molecule is CC(C)(C)c1ccc2cc(C3CC3)c(N)nc2c1. The molecular weight excluding hydrogens is 220 g/mol. The molecule has 1 heterocycles. The molecule has 2 nitrogen and oxygen atoms in total. The molecule has 0 aliphatic heterocycles. The Morgan fingerprint density at radius 1 is 1.17 bits per heavy atom. The average molecular weight is 240 g/mol. The maximum atomic E-state index is 6.08. The van der Waals surface area contributed by atoms with E-state index in [1.54, 1.807) is 0 Å². The van der Waals surface area contributed by atoms with Crippen molar-refractivity contribution in [1.29, 1.82) is 0 Å². The number of nitrogens with two attached hydrogens (primary N) is 1. The second-order valence-corrected chi connectivity index (χ2v) is 6.39. The van der Waals surface area contributed by atoms with E-state index in [1.807, 2.05) is 0 Å². The van der Waals surface area contributed by atoms with Crippen LogP contribution in [0.2, 0.25) is 0 Å². The third kappa shape index (κ3) is 1.96. The number of nitrogen functional groups attached to an aromatic ring is 1. The molecule has 2 heteroatoms. The predicted octanol–water partition coefficient (Wildman–Crippen LogP) is 3.99. The van der Waals surface area contributed by atoms with E-state index in [4.69, 9.17) is 5.73 Å². The molecule has 3 rings (SSSR count). The molecule has 0 atom stereocenters. The van der Waals surface area contributed by atoms with Crippen molar-refractivity contribution in [3.8, 4) is 0 Å². The lowest BCUT2D eigenvalue weighted by molar-refractivity contribution is 0.591. The van der Waals surface area contributed by atoms with Crippen LogP contribution in [-0.4, -0.2) is 4.98 Å². The number of fused-ring (bicyclic) bond motifs is 1. The van der Waals surface area contributed by atoms with Gasteiger partial charge in [-0.25, -0.2) is 4.98 Å². The summed E-state index contributed by atoms with van der Waals surface area (Å²) in [4.78, 5) is 4.59. The second-order valence-electron chi connectivity index (χ2n) is 6.39. The number of aromatic nitrogens is 1. The fourth-order valence-corrected chi connectivity index (χ4v) is 2.39. The topological polar surface area (TPSA) is 38.9 Å². The molecule has 0 spiro atoms. The lowest BCUT2D eigenvalue weighted by Gasteiger charge is -2.19. The average Bonchev–Trinajstić information content (AvgIpc) is 3.10. The normalized spacial score (nSPS) is 16.2. The molecule has 1 aliphatic rings. The standard InChI is InChI=1S/C16H20N2/c1-16(2,3)12-7-6-11-8-13(10-4-5-10)15(17)18-14(11)9-12/h6-10H,4-5H2,1-3H3,(H2,17,18). The molecule has 0 saturated heterocycles. The Morgan fingerprint density at radius 3 is 2.50 bits per heavy atom. The number of benzene rings is 1. The first-order valence-corrected chi connectivity index (χ1v) is 6.66. The molecule has 1 aromatic carbocycles. The van der Waals surface area contributed by atoms with Gasteiger partial charge < -0.3 is 5.73 Å². The molecule has 1 saturated carbocycles. The zero-order valence-corrected chi connectivity index (χ0v) is 11.3. The number of pyridine rings is 1. The first kappa shape index (κ1) is 11.5. The van der Waals surface area contributed by atoms with Crippen LogP contribution in [0, 0.1) is 0 Å². The van der Waals surface area contributed by atoms with Crippen molar-refractivity contribution in [1.82, 2.24) is 4.98 Å². The van der Waals surface area contributed by atoms with Crippen molar-refractivity contribution >= 4 is 16.7 Å². The molecule has 0 amide bonds. The molecule has 2 aromatic rings. The van der Waals surface area contributed by atoms with Crippen LogP contribution >= 0.6 is 0 Å². The van der Waals surface area contributed by atoms with E-state index in [9.17, 15) is 0 Å². The summed E-state index contributed by atoms with van der Waals surface area (Å²) in [5.41, 5.74) is 9.79. The first-order chi connectivity index (χ1) is 8.45. The fraction of sp³-hybridized carbons (Fsp3) is 0.438. The number of hydrogen-bond acceptors (Lipinski definition) is 2. The predicted molar refractivity (Wildman–Crippen MR) is 76.8 cm³/mol. The van der Waals surface area contributed by atoms with Gasteiger partial charge in [-0.05, 0) is 47.4 Å². The Labute approximate surface area is 108 Å². The summed E-state index contributed by atoms with van der Waals surface area (Å²) in [5, 5.41) is 1.21. The summed E-state index contributed by atoms with van der Waals surface area (Å²) >= 11 is 0. The van der Waals surface area contributed by atoms with Crippen molar-refractivity contribution in [3.63, 3.8) is 0 Å². The van der Waals surface area contributed by atoms with E-state index in [2.05, 4.69) is 50.0 Å². The number of hydrogen-bond donors (Lipinski definition) is 1. The molecule has 94 valence electrons. The zero-order valence-electron chi connectivity index (χ0n) is 11.3. The first-order valence-electron chi connectivity index (χ1n) is 6.66. The van der Waals surface area contributed by atoms with Gasteiger partial charge in [0.15, 0.2) is 0 Å². The van der Waals surface area contributed by atoms with Gasteiger partial charge in [-0.1, -0.05) is 32.9 Å². The van der Waals surface area contributed by atoms with E-state index in [1.165, 1.54) is 29.4 Å². The minimum atomic E-state index is 0.153. The van der Waals surface area contributed by atoms with Gasteiger partial charge >= 0.3 is 0 Å². The van der Waals surface area contributed by atoms with E-state index >= 15 is 0 Å². The molecule has 1 fully saturated rings. The van der Waals surface area contributed by atoms with Gasteiger partial charge in [0.1, 0.15) is 5.82 Å². The van der Waals surface area contributed by atoms with Crippen LogP contribution in [0.15, 0.2) is 24.3 Å². The zero-order chi connectivity index (χ0) is 12.9. The maximum Gasteiger partial charge on any atom is 0.127 e. The van der Waals surface area contributed by atoms with Crippen molar-refractivity contribution in [3.05, 3.63) is 35.4 Å². The summed E-state index contributed by atoms with van der Waals surface area (Å²) in [6.45, 7) is 6.66. The second kappa shape index (κ2) is 3.71. The maximum absolute atomic E-state index is 6.08. The van der Waals surface area contributed by atoms with Gasteiger partial charge in [0.2, 0.25) is 0 Å². The number of rotatable bonds is 1. The van der Waals surface area contributed by atoms with Crippen molar-refractivity contribution in [2.75, 3.05) is 5.73 Å².